The highest BCUT2D eigenvalue weighted by Gasteiger charge is 2.15. The highest BCUT2D eigenvalue weighted by molar-refractivity contribution is 9.10. The van der Waals surface area contributed by atoms with Gasteiger partial charge >= 0.3 is 0 Å². The quantitative estimate of drug-likeness (QED) is 0.252. The molecule has 0 saturated heterocycles. The number of benzene rings is 3. The standard InChI is InChI=1S/C25H19BrCl2N2O3/c1-15-3-7-20(8-4-15)30-25(31)18(13-29)9-16-10-21(26)24(23(11-16)32-2)33-14-17-5-6-19(27)12-22(17)28/h3-12H,14H2,1-2H3,(H,30,31)/b18-9-. The number of aryl methyl sites for hydroxylation is 1. The molecule has 168 valence electrons. The van der Waals surface area contributed by atoms with Crippen molar-refractivity contribution in [3.63, 3.8) is 0 Å². The van der Waals surface area contributed by atoms with Gasteiger partial charge in [-0.25, -0.2) is 0 Å². The van der Waals surface area contributed by atoms with Crippen LogP contribution in [0.25, 0.3) is 6.08 Å². The molecule has 5 nitrogen and oxygen atoms in total. The molecule has 0 aromatic heterocycles. The van der Waals surface area contributed by atoms with Crippen LogP contribution in [0.2, 0.25) is 10.0 Å². The Morgan fingerprint density at radius 1 is 1.15 bits per heavy atom. The Bertz CT molecular complexity index is 1250. The Labute approximate surface area is 210 Å². The van der Waals surface area contributed by atoms with Crippen LogP contribution in [-0.4, -0.2) is 13.0 Å². The topological polar surface area (TPSA) is 71.3 Å². The van der Waals surface area contributed by atoms with E-state index in [1.807, 2.05) is 25.1 Å². The summed E-state index contributed by atoms with van der Waals surface area (Å²) in [5, 5.41) is 13.3. The molecule has 1 amide bonds. The molecule has 8 heteroatoms. The molecule has 1 N–H and O–H groups in total. The number of nitrogens with zero attached hydrogens (tertiary/aromatic N) is 1. The summed E-state index contributed by atoms with van der Waals surface area (Å²) in [6, 6.07) is 17.8. The van der Waals surface area contributed by atoms with Gasteiger partial charge in [-0.05, 0) is 70.9 Å². The third kappa shape index (κ3) is 6.52. The van der Waals surface area contributed by atoms with Crippen molar-refractivity contribution < 1.29 is 14.3 Å². The lowest BCUT2D eigenvalue weighted by Crippen LogP contribution is -2.13. The summed E-state index contributed by atoms with van der Waals surface area (Å²) in [6.07, 6.45) is 1.48. The van der Waals surface area contributed by atoms with Gasteiger partial charge in [0.05, 0.1) is 11.6 Å². The predicted molar refractivity (Wildman–Crippen MR) is 135 cm³/mol. The van der Waals surface area contributed by atoms with E-state index in [0.717, 1.165) is 11.1 Å². The van der Waals surface area contributed by atoms with Gasteiger partial charge < -0.3 is 14.8 Å². The fourth-order valence-corrected chi connectivity index (χ4v) is 3.94. The molecular weight excluding hydrogens is 527 g/mol. The van der Waals surface area contributed by atoms with E-state index < -0.39 is 5.91 Å². The fourth-order valence-electron chi connectivity index (χ4n) is 2.90. The van der Waals surface area contributed by atoms with Crippen molar-refractivity contribution >= 4 is 56.8 Å². The largest absolute Gasteiger partial charge is 0.493 e. The van der Waals surface area contributed by atoms with Crippen molar-refractivity contribution in [1.29, 1.82) is 5.26 Å². The van der Waals surface area contributed by atoms with Crippen molar-refractivity contribution in [2.75, 3.05) is 12.4 Å². The van der Waals surface area contributed by atoms with Crippen LogP contribution in [0.5, 0.6) is 11.5 Å². The zero-order valence-electron chi connectivity index (χ0n) is 17.8. The normalized spacial score (nSPS) is 11.0. The first-order valence-corrected chi connectivity index (χ1v) is 11.3. The summed E-state index contributed by atoms with van der Waals surface area (Å²) in [7, 11) is 1.51. The van der Waals surface area contributed by atoms with Crippen LogP contribution in [0.15, 0.2) is 64.6 Å². The zero-order chi connectivity index (χ0) is 24.0. The van der Waals surface area contributed by atoms with E-state index >= 15 is 0 Å². The third-order valence-electron chi connectivity index (χ3n) is 4.62. The van der Waals surface area contributed by atoms with E-state index in [-0.39, 0.29) is 12.2 Å². The van der Waals surface area contributed by atoms with Gasteiger partial charge in [0, 0.05) is 21.3 Å². The van der Waals surface area contributed by atoms with E-state index in [0.29, 0.717) is 37.3 Å². The number of nitrogens with one attached hydrogen (secondary N) is 1. The highest BCUT2D eigenvalue weighted by Crippen LogP contribution is 2.38. The van der Waals surface area contributed by atoms with Crippen LogP contribution in [0.3, 0.4) is 0 Å². The number of anilines is 1. The number of halogens is 3. The SMILES string of the molecule is COc1cc(/C=C(/C#N)C(=O)Nc2ccc(C)cc2)cc(Br)c1OCc1ccc(Cl)cc1Cl. The van der Waals surface area contributed by atoms with Crippen molar-refractivity contribution in [3.05, 3.63) is 91.4 Å². The molecule has 0 aliphatic heterocycles. The van der Waals surface area contributed by atoms with Crippen LogP contribution in [0.4, 0.5) is 5.69 Å². The number of hydrogen-bond acceptors (Lipinski definition) is 4. The number of nitriles is 1. The molecule has 0 radical (unpaired) electrons. The number of ether oxygens (including phenoxy) is 2. The maximum absolute atomic E-state index is 12.6. The summed E-state index contributed by atoms with van der Waals surface area (Å²) in [4.78, 5) is 12.6. The molecule has 0 aliphatic rings. The molecule has 0 bridgehead atoms. The molecule has 0 atom stereocenters. The summed E-state index contributed by atoms with van der Waals surface area (Å²) in [6.45, 7) is 2.15. The lowest BCUT2D eigenvalue weighted by molar-refractivity contribution is -0.112. The number of carbonyl (C=O) groups is 1. The van der Waals surface area contributed by atoms with Gasteiger partial charge in [0.1, 0.15) is 18.2 Å². The first kappa shape index (κ1) is 24.7. The molecule has 3 aromatic rings. The Morgan fingerprint density at radius 2 is 1.88 bits per heavy atom. The van der Waals surface area contributed by atoms with Gasteiger partial charge in [-0.2, -0.15) is 5.26 Å². The molecule has 3 rings (SSSR count). The second-order valence-corrected chi connectivity index (χ2v) is 8.75. The molecule has 33 heavy (non-hydrogen) atoms. The monoisotopic (exact) mass is 544 g/mol. The minimum Gasteiger partial charge on any atom is -0.493 e. The molecule has 0 saturated carbocycles. The molecule has 0 heterocycles. The fraction of sp³-hybridized carbons (Fsp3) is 0.120. The van der Waals surface area contributed by atoms with Gasteiger partial charge in [0.15, 0.2) is 11.5 Å². The Balaban J connectivity index is 1.82. The number of amides is 1. The first-order valence-electron chi connectivity index (χ1n) is 9.74. The van der Waals surface area contributed by atoms with Crippen LogP contribution in [0, 0.1) is 18.3 Å². The van der Waals surface area contributed by atoms with Crippen LogP contribution in [0.1, 0.15) is 16.7 Å². The van der Waals surface area contributed by atoms with E-state index in [1.54, 1.807) is 42.5 Å². The molecule has 0 spiro atoms. The lowest BCUT2D eigenvalue weighted by atomic mass is 10.1. The summed E-state index contributed by atoms with van der Waals surface area (Å²) in [5.41, 5.74) is 2.98. The Morgan fingerprint density at radius 3 is 2.52 bits per heavy atom. The maximum Gasteiger partial charge on any atom is 0.266 e. The summed E-state index contributed by atoms with van der Waals surface area (Å²) < 4.78 is 12.0. The van der Waals surface area contributed by atoms with Crippen molar-refractivity contribution in [1.82, 2.24) is 0 Å². The summed E-state index contributed by atoms with van der Waals surface area (Å²) in [5.74, 6) is 0.384. The second kappa shape index (κ2) is 11.2. The van der Waals surface area contributed by atoms with E-state index in [1.165, 1.54) is 13.2 Å². The van der Waals surface area contributed by atoms with Crippen LogP contribution < -0.4 is 14.8 Å². The Hall–Kier alpha value is -2.98. The van der Waals surface area contributed by atoms with E-state index in [9.17, 15) is 10.1 Å². The van der Waals surface area contributed by atoms with Gasteiger partial charge in [0.25, 0.3) is 5.91 Å². The average molecular weight is 546 g/mol. The van der Waals surface area contributed by atoms with Crippen molar-refractivity contribution in [2.24, 2.45) is 0 Å². The van der Waals surface area contributed by atoms with Crippen molar-refractivity contribution in [3.8, 4) is 17.6 Å². The van der Waals surface area contributed by atoms with Gasteiger partial charge in [-0.3, -0.25) is 4.79 Å². The number of hydrogen-bond donors (Lipinski definition) is 1. The molecule has 0 fully saturated rings. The maximum atomic E-state index is 12.6. The Kier molecular flexibility index (Phi) is 8.40. The molecule has 3 aromatic carbocycles. The van der Waals surface area contributed by atoms with Gasteiger partial charge in [-0.15, -0.1) is 0 Å². The zero-order valence-corrected chi connectivity index (χ0v) is 20.9. The molecular formula is C25H19BrCl2N2O3. The predicted octanol–water partition coefficient (Wildman–Crippen LogP) is 7.20. The summed E-state index contributed by atoms with van der Waals surface area (Å²) >= 11 is 15.6. The highest BCUT2D eigenvalue weighted by atomic mass is 79.9. The number of methoxy groups -OCH3 is 1. The molecule has 0 unspecified atom stereocenters. The minimum atomic E-state index is -0.505. The van der Waals surface area contributed by atoms with Gasteiger partial charge in [0.2, 0.25) is 0 Å². The van der Waals surface area contributed by atoms with Crippen LogP contribution in [-0.2, 0) is 11.4 Å². The molecule has 0 aliphatic carbocycles. The smallest absolute Gasteiger partial charge is 0.266 e. The second-order valence-electron chi connectivity index (χ2n) is 7.05. The third-order valence-corrected chi connectivity index (χ3v) is 5.80. The van der Waals surface area contributed by atoms with Crippen molar-refractivity contribution in [2.45, 2.75) is 13.5 Å². The minimum absolute atomic E-state index is 0.0499. The van der Waals surface area contributed by atoms with E-state index in [2.05, 4.69) is 21.2 Å². The lowest BCUT2D eigenvalue weighted by Gasteiger charge is -2.14. The first-order chi connectivity index (χ1) is 15.8. The average Bonchev–Trinajstić information content (AvgIpc) is 2.78. The van der Waals surface area contributed by atoms with E-state index in [4.69, 9.17) is 32.7 Å². The van der Waals surface area contributed by atoms with Crippen LogP contribution >= 0.6 is 39.1 Å². The number of carbonyl (C=O) groups excluding carboxylic acids is 1. The number of rotatable bonds is 7. The van der Waals surface area contributed by atoms with Gasteiger partial charge in [-0.1, -0.05) is 47.0 Å².